The zero-order valence-electron chi connectivity index (χ0n) is 19.0. The van der Waals surface area contributed by atoms with Crippen molar-refractivity contribution in [3.8, 4) is 0 Å². The van der Waals surface area contributed by atoms with Gasteiger partial charge in [-0.15, -0.1) is 0 Å². The largest absolute Gasteiger partial charge is 0.148 e. The van der Waals surface area contributed by atoms with Gasteiger partial charge in [0.2, 0.25) is 0 Å². The lowest BCUT2D eigenvalue weighted by molar-refractivity contribution is 1.18. The van der Waals surface area contributed by atoms with Gasteiger partial charge in [-0.25, -0.2) is 0 Å². The Morgan fingerprint density at radius 1 is 0.562 bits per heavy atom. The lowest BCUT2D eigenvalue weighted by Gasteiger charge is -2.34. The molecule has 0 N–H and O–H groups in total. The lowest BCUT2D eigenvalue weighted by Crippen LogP contribution is -2.58. The van der Waals surface area contributed by atoms with Gasteiger partial charge in [0.25, 0.3) is 0 Å². The average molecular weight is 447 g/mol. The zero-order chi connectivity index (χ0) is 22.0. The van der Waals surface area contributed by atoms with Crippen LogP contribution in [0.25, 0.3) is 5.20 Å². The molecule has 158 valence electrons. The van der Waals surface area contributed by atoms with Gasteiger partial charge in [-0.2, -0.15) is 0 Å². The SMILES string of the molecule is C[Si](C)(C1=C(c2ccccc2)[Si](c2ccccc2)(c2ccccc2)CC1)c1ccccc1. The molecule has 0 spiro atoms. The second-order valence-corrected chi connectivity index (χ2v) is 17.7. The van der Waals surface area contributed by atoms with Gasteiger partial charge >= 0.3 is 0 Å². The van der Waals surface area contributed by atoms with E-state index in [-0.39, 0.29) is 0 Å². The fraction of sp³-hybridized carbons (Fsp3) is 0.133. The molecule has 0 aliphatic carbocycles. The molecule has 4 aromatic carbocycles. The summed E-state index contributed by atoms with van der Waals surface area (Å²) in [6.07, 6.45) is 1.20. The zero-order valence-corrected chi connectivity index (χ0v) is 21.0. The minimum Gasteiger partial charge on any atom is -0.0756 e. The molecule has 0 saturated heterocycles. The molecule has 0 nitrogen and oxygen atoms in total. The quantitative estimate of drug-likeness (QED) is 0.340. The Balaban J connectivity index is 1.85. The first-order valence-electron chi connectivity index (χ1n) is 11.6. The van der Waals surface area contributed by atoms with Crippen LogP contribution >= 0.6 is 0 Å². The van der Waals surface area contributed by atoms with Crippen LogP contribution in [0.1, 0.15) is 12.0 Å². The molecule has 0 fully saturated rings. The predicted octanol–water partition coefficient (Wildman–Crippen LogP) is 5.80. The third kappa shape index (κ3) is 3.44. The van der Waals surface area contributed by atoms with E-state index < -0.39 is 16.1 Å². The van der Waals surface area contributed by atoms with Crippen LogP contribution in [-0.4, -0.2) is 16.1 Å². The van der Waals surface area contributed by atoms with Crippen LogP contribution in [0.2, 0.25) is 19.1 Å². The molecular formula is C30H30Si2. The maximum absolute atomic E-state index is 2.56. The van der Waals surface area contributed by atoms with E-state index >= 15 is 0 Å². The Hall–Kier alpha value is -2.95. The number of allylic oxidation sites excluding steroid dienone is 1. The van der Waals surface area contributed by atoms with Crippen LogP contribution in [-0.2, 0) is 0 Å². The van der Waals surface area contributed by atoms with Gasteiger partial charge in [-0.05, 0) is 33.6 Å². The third-order valence-corrected chi connectivity index (χ3v) is 16.4. The van der Waals surface area contributed by atoms with E-state index in [4.69, 9.17) is 0 Å². The number of hydrogen-bond acceptors (Lipinski definition) is 0. The van der Waals surface area contributed by atoms with Crippen LogP contribution in [0.5, 0.6) is 0 Å². The lowest BCUT2D eigenvalue weighted by atomic mass is 10.2. The molecule has 2 heteroatoms. The van der Waals surface area contributed by atoms with Gasteiger partial charge in [0.1, 0.15) is 16.1 Å². The van der Waals surface area contributed by atoms with Crippen LogP contribution < -0.4 is 15.6 Å². The van der Waals surface area contributed by atoms with E-state index in [1.54, 1.807) is 10.4 Å². The minimum atomic E-state index is -2.15. The summed E-state index contributed by atoms with van der Waals surface area (Å²) in [4.78, 5) is 0. The monoisotopic (exact) mass is 446 g/mol. The fourth-order valence-corrected chi connectivity index (χ4v) is 15.6. The highest BCUT2D eigenvalue weighted by molar-refractivity contribution is 7.18. The molecule has 1 aliphatic heterocycles. The highest BCUT2D eigenvalue weighted by Gasteiger charge is 2.49. The van der Waals surface area contributed by atoms with Crippen molar-refractivity contribution >= 4 is 36.9 Å². The molecule has 1 aliphatic rings. The van der Waals surface area contributed by atoms with Crippen LogP contribution in [0.4, 0.5) is 0 Å². The molecule has 4 aromatic rings. The summed E-state index contributed by atoms with van der Waals surface area (Å²) in [5.41, 5.74) is 1.43. The summed E-state index contributed by atoms with van der Waals surface area (Å²) in [5, 5.41) is 8.04. The first-order valence-corrected chi connectivity index (χ1v) is 16.8. The maximum atomic E-state index is 2.56. The highest BCUT2D eigenvalue weighted by atomic mass is 28.3. The predicted molar refractivity (Wildman–Crippen MR) is 144 cm³/mol. The fourth-order valence-electron chi connectivity index (χ4n) is 5.69. The Kier molecular flexibility index (Phi) is 5.58. The standard InChI is InChI=1S/C30H30Si2/c1-31(2,26-17-9-4-10-18-26)29-23-24-32(27-19-11-5-12-20-27,28-21-13-6-14-22-28)30(29)25-15-7-3-8-16-25/h3-22H,23-24H2,1-2H3. The van der Waals surface area contributed by atoms with Crippen molar-refractivity contribution in [2.24, 2.45) is 0 Å². The molecule has 0 atom stereocenters. The molecule has 5 rings (SSSR count). The Labute approximate surface area is 194 Å². The van der Waals surface area contributed by atoms with Gasteiger partial charge in [0.15, 0.2) is 0 Å². The molecule has 0 radical (unpaired) electrons. The van der Waals surface area contributed by atoms with Crippen molar-refractivity contribution in [1.82, 2.24) is 0 Å². The summed E-state index contributed by atoms with van der Waals surface area (Å²) in [6, 6.07) is 46.6. The minimum absolute atomic E-state index is 1.20. The molecule has 32 heavy (non-hydrogen) atoms. The highest BCUT2D eigenvalue weighted by Crippen LogP contribution is 2.44. The molecule has 0 unspecified atom stereocenters. The summed E-state index contributed by atoms with van der Waals surface area (Å²) in [5.74, 6) is 0. The second kappa shape index (κ2) is 8.53. The third-order valence-electron chi connectivity index (χ3n) is 7.32. The maximum Gasteiger partial charge on any atom is 0.148 e. The molecule has 0 saturated carbocycles. The number of benzene rings is 4. The molecule has 1 heterocycles. The van der Waals surface area contributed by atoms with E-state index in [9.17, 15) is 0 Å². The normalized spacial score (nSPS) is 15.7. The smallest absolute Gasteiger partial charge is 0.0756 e. The Bertz CT molecular complexity index is 1170. The van der Waals surface area contributed by atoms with Crippen LogP contribution in [0.15, 0.2) is 127 Å². The second-order valence-electron chi connectivity index (χ2n) is 9.35. The molecule has 0 bridgehead atoms. The average Bonchev–Trinajstić information content (AvgIpc) is 3.29. The number of hydrogen-bond donors (Lipinski definition) is 0. The van der Waals surface area contributed by atoms with Gasteiger partial charge in [0.05, 0.1) is 0 Å². The van der Waals surface area contributed by atoms with Gasteiger partial charge in [-0.3, -0.25) is 0 Å². The molecular weight excluding hydrogens is 417 g/mol. The first kappa shape index (κ1) is 20.9. The van der Waals surface area contributed by atoms with Crippen molar-refractivity contribution in [1.29, 1.82) is 0 Å². The van der Waals surface area contributed by atoms with E-state index in [1.165, 1.54) is 33.6 Å². The summed E-state index contributed by atoms with van der Waals surface area (Å²) in [6.45, 7) is 5.11. The van der Waals surface area contributed by atoms with Crippen LogP contribution in [0.3, 0.4) is 0 Å². The summed E-state index contributed by atoms with van der Waals surface area (Å²) in [7, 11) is -3.98. The van der Waals surface area contributed by atoms with Crippen molar-refractivity contribution in [3.05, 3.63) is 132 Å². The first-order chi connectivity index (χ1) is 15.6. The molecule has 0 aromatic heterocycles. The van der Waals surface area contributed by atoms with Gasteiger partial charge in [-0.1, -0.05) is 145 Å². The van der Waals surface area contributed by atoms with Gasteiger partial charge in [0, 0.05) is 0 Å². The van der Waals surface area contributed by atoms with E-state index in [0.29, 0.717) is 0 Å². The van der Waals surface area contributed by atoms with Gasteiger partial charge < -0.3 is 0 Å². The Morgan fingerprint density at radius 2 is 1.00 bits per heavy atom. The molecule has 0 amide bonds. The topological polar surface area (TPSA) is 0 Å². The van der Waals surface area contributed by atoms with Crippen molar-refractivity contribution in [3.63, 3.8) is 0 Å². The summed E-state index contributed by atoms with van der Waals surface area (Å²) < 4.78 is 0. The summed E-state index contributed by atoms with van der Waals surface area (Å²) >= 11 is 0. The van der Waals surface area contributed by atoms with Crippen LogP contribution in [0, 0.1) is 0 Å². The van der Waals surface area contributed by atoms with Crippen molar-refractivity contribution < 1.29 is 0 Å². The van der Waals surface area contributed by atoms with Crippen molar-refractivity contribution in [2.45, 2.75) is 25.6 Å². The Morgan fingerprint density at radius 3 is 1.50 bits per heavy atom. The van der Waals surface area contributed by atoms with E-state index in [2.05, 4.69) is 134 Å². The number of rotatable bonds is 5. The van der Waals surface area contributed by atoms with E-state index in [1.807, 2.05) is 0 Å². The van der Waals surface area contributed by atoms with E-state index in [0.717, 1.165) is 0 Å². The van der Waals surface area contributed by atoms with Crippen molar-refractivity contribution in [2.75, 3.05) is 0 Å².